The first-order chi connectivity index (χ1) is 8.90. The maximum Gasteiger partial charge on any atom is 0.115 e. The molecule has 1 saturated carbocycles. The Balaban J connectivity index is 2.51. The van der Waals surface area contributed by atoms with Crippen LogP contribution in [0.2, 0.25) is 0 Å². The summed E-state index contributed by atoms with van der Waals surface area (Å²) in [7, 11) is 4.37. The lowest BCUT2D eigenvalue weighted by Gasteiger charge is -2.50. The molecule has 0 saturated heterocycles. The van der Waals surface area contributed by atoms with Gasteiger partial charge in [0.1, 0.15) is 5.75 Å². The van der Waals surface area contributed by atoms with Crippen LogP contribution in [0, 0.1) is 0 Å². The minimum atomic E-state index is 0.0890. The van der Waals surface area contributed by atoms with Crippen molar-refractivity contribution in [1.29, 1.82) is 0 Å². The highest BCUT2D eigenvalue weighted by atomic mass is 16.3. The van der Waals surface area contributed by atoms with Gasteiger partial charge in [0.05, 0.1) is 0 Å². The number of nitrogens with zero attached hydrogens (tertiary/aromatic N) is 1. The summed E-state index contributed by atoms with van der Waals surface area (Å²) in [4.78, 5) is 2.38. The maximum absolute atomic E-state index is 9.82. The number of aromatic hydroxyl groups is 1. The van der Waals surface area contributed by atoms with E-state index in [0.29, 0.717) is 5.75 Å². The van der Waals surface area contributed by atoms with Gasteiger partial charge in [-0.05, 0) is 51.6 Å². The fourth-order valence-electron chi connectivity index (χ4n) is 3.69. The molecule has 0 bridgehead atoms. The second-order valence-corrected chi connectivity index (χ2v) is 6.61. The summed E-state index contributed by atoms with van der Waals surface area (Å²) in [5.74, 6) is 0.379. The molecule has 2 atom stereocenters. The van der Waals surface area contributed by atoms with E-state index in [4.69, 9.17) is 0 Å². The monoisotopic (exact) mass is 261 g/mol. The zero-order valence-corrected chi connectivity index (χ0v) is 12.7. The zero-order chi connectivity index (χ0) is 14.1. The summed E-state index contributed by atoms with van der Waals surface area (Å²) >= 11 is 0. The molecule has 19 heavy (non-hydrogen) atoms. The Morgan fingerprint density at radius 3 is 2.37 bits per heavy atom. The Morgan fingerprint density at radius 1 is 1.05 bits per heavy atom. The van der Waals surface area contributed by atoms with Crippen LogP contribution in [0.3, 0.4) is 0 Å². The number of hydrogen-bond acceptors (Lipinski definition) is 2. The van der Waals surface area contributed by atoms with Crippen molar-refractivity contribution in [3.8, 4) is 5.75 Å². The standard InChI is InChI=1S/C17H27NO/c1-16(14-9-8-10-15(19)13-14)11-6-5-7-12-17(16,2)18(3)4/h8-10,13,19H,5-7,11-12H2,1-4H3. The van der Waals surface area contributed by atoms with E-state index in [9.17, 15) is 5.11 Å². The number of rotatable bonds is 2. The predicted octanol–water partition coefficient (Wildman–Crippen LogP) is 3.93. The maximum atomic E-state index is 9.82. The van der Waals surface area contributed by atoms with E-state index in [-0.39, 0.29) is 11.0 Å². The van der Waals surface area contributed by atoms with Crippen LogP contribution >= 0.6 is 0 Å². The van der Waals surface area contributed by atoms with Crippen molar-refractivity contribution in [2.45, 2.75) is 56.9 Å². The van der Waals surface area contributed by atoms with E-state index in [1.54, 1.807) is 6.07 Å². The number of hydrogen-bond donors (Lipinski definition) is 1. The predicted molar refractivity (Wildman–Crippen MR) is 80.6 cm³/mol. The molecule has 1 fully saturated rings. The highest BCUT2D eigenvalue weighted by Crippen LogP contribution is 2.47. The Labute approximate surface area is 117 Å². The number of benzene rings is 1. The van der Waals surface area contributed by atoms with Gasteiger partial charge in [-0.15, -0.1) is 0 Å². The fraction of sp³-hybridized carbons (Fsp3) is 0.647. The third kappa shape index (κ3) is 2.38. The molecule has 0 aromatic heterocycles. The Hall–Kier alpha value is -1.02. The van der Waals surface area contributed by atoms with Crippen molar-refractivity contribution in [3.63, 3.8) is 0 Å². The van der Waals surface area contributed by atoms with Crippen molar-refractivity contribution in [2.24, 2.45) is 0 Å². The average molecular weight is 261 g/mol. The first-order valence-electron chi connectivity index (χ1n) is 7.37. The first-order valence-corrected chi connectivity index (χ1v) is 7.37. The van der Waals surface area contributed by atoms with Gasteiger partial charge in [-0.2, -0.15) is 0 Å². The molecule has 0 spiro atoms. The van der Waals surface area contributed by atoms with Crippen molar-refractivity contribution in [3.05, 3.63) is 29.8 Å². The highest BCUT2D eigenvalue weighted by Gasteiger charge is 2.47. The molecule has 106 valence electrons. The molecule has 1 aromatic carbocycles. The largest absolute Gasteiger partial charge is 0.508 e. The molecule has 1 N–H and O–H groups in total. The topological polar surface area (TPSA) is 23.5 Å². The van der Waals surface area contributed by atoms with Crippen LogP contribution in [0.25, 0.3) is 0 Å². The molecule has 2 rings (SSSR count). The van der Waals surface area contributed by atoms with Crippen LogP contribution in [-0.2, 0) is 5.41 Å². The van der Waals surface area contributed by atoms with Crippen molar-refractivity contribution in [2.75, 3.05) is 14.1 Å². The van der Waals surface area contributed by atoms with E-state index in [0.717, 1.165) is 0 Å². The second kappa shape index (κ2) is 5.16. The second-order valence-electron chi connectivity index (χ2n) is 6.61. The van der Waals surface area contributed by atoms with Crippen LogP contribution in [0.5, 0.6) is 5.75 Å². The smallest absolute Gasteiger partial charge is 0.115 e. The number of likely N-dealkylation sites (N-methyl/N-ethyl adjacent to an activating group) is 1. The summed E-state index contributed by atoms with van der Waals surface area (Å²) < 4.78 is 0. The average Bonchev–Trinajstić information content (AvgIpc) is 2.52. The Bertz CT molecular complexity index is 443. The van der Waals surface area contributed by atoms with Gasteiger partial charge < -0.3 is 10.0 Å². The fourth-order valence-corrected chi connectivity index (χ4v) is 3.69. The minimum absolute atomic E-state index is 0.0890. The van der Waals surface area contributed by atoms with Gasteiger partial charge in [-0.3, -0.25) is 0 Å². The minimum Gasteiger partial charge on any atom is -0.508 e. The van der Waals surface area contributed by atoms with Crippen LogP contribution in [0.15, 0.2) is 24.3 Å². The number of phenols is 1. The first kappa shape index (κ1) is 14.4. The summed E-state index contributed by atoms with van der Waals surface area (Å²) in [6, 6.07) is 7.85. The van der Waals surface area contributed by atoms with Gasteiger partial charge in [0.25, 0.3) is 0 Å². The van der Waals surface area contributed by atoms with Crippen LogP contribution in [0.1, 0.15) is 51.5 Å². The Kier molecular flexibility index (Phi) is 3.91. The van der Waals surface area contributed by atoms with Crippen molar-refractivity contribution in [1.82, 2.24) is 4.90 Å². The van der Waals surface area contributed by atoms with Gasteiger partial charge >= 0.3 is 0 Å². The Morgan fingerprint density at radius 2 is 1.74 bits per heavy atom. The van der Waals surface area contributed by atoms with Gasteiger partial charge in [-0.1, -0.05) is 38.3 Å². The molecular weight excluding hydrogens is 234 g/mol. The lowest BCUT2D eigenvalue weighted by atomic mass is 9.63. The molecule has 0 radical (unpaired) electrons. The van der Waals surface area contributed by atoms with Crippen molar-refractivity contribution >= 4 is 0 Å². The zero-order valence-electron chi connectivity index (χ0n) is 12.7. The summed E-state index contributed by atoms with van der Waals surface area (Å²) in [6.45, 7) is 4.75. The quantitative estimate of drug-likeness (QED) is 0.815. The van der Waals surface area contributed by atoms with Gasteiger partial charge in [0, 0.05) is 11.0 Å². The van der Waals surface area contributed by atoms with Crippen molar-refractivity contribution < 1.29 is 5.11 Å². The van der Waals surface area contributed by atoms with E-state index in [2.05, 4.69) is 38.9 Å². The van der Waals surface area contributed by atoms with E-state index in [1.165, 1.54) is 37.7 Å². The molecule has 0 heterocycles. The molecule has 0 amide bonds. The summed E-state index contributed by atoms with van der Waals surface area (Å²) in [5, 5.41) is 9.82. The molecule has 2 heteroatoms. The molecule has 1 aromatic rings. The molecule has 2 nitrogen and oxygen atoms in total. The van der Waals surface area contributed by atoms with Gasteiger partial charge in [0.15, 0.2) is 0 Å². The van der Waals surface area contributed by atoms with Crippen LogP contribution in [-0.4, -0.2) is 29.6 Å². The van der Waals surface area contributed by atoms with E-state index >= 15 is 0 Å². The van der Waals surface area contributed by atoms with Gasteiger partial charge in [-0.25, -0.2) is 0 Å². The summed E-state index contributed by atoms with van der Waals surface area (Å²) in [6.07, 6.45) is 6.29. The molecule has 2 unspecified atom stereocenters. The molecular formula is C17H27NO. The van der Waals surface area contributed by atoms with Gasteiger partial charge in [0.2, 0.25) is 0 Å². The van der Waals surface area contributed by atoms with Crippen LogP contribution in [0.4, 0.5) is 0 Å². The summed E-state index contributed by atoms with van der Waals surface area (Å²) in [5.41, 5.74) is 1.49. The molecule has 1 aliphatic rings. The lowest BCUT2D eigenvalue weighted by Crippen LogP contribution is -2.56. The third-order valence-electron chi connectivity index (χ3n) is 5.50. The number of phenolic OH excluding ortho intramolecular Hbond substituents is 1. The van der Waals surface area contributed by atoms with E-state index in [1.807, 2.05) is 12.1 Å². The lowest BCUT2D eigenvalue weighted by molar-refractivity contribution is 0.0680. The van der Waals surface area contributed by atoms with E-state index < -0.39 is 0 Å². The molecule has 0 aliphatic heterocycles. The molecule has 1 aliphatic carbocycles. The van der Waals surface area contributed by atoms with Crippen LogP contribution < -0.4 is 0 Å². The SMILES string of the molecule is CN(C)C1(C)CCCCCC1(C)c1cccc(O)c1. The normalized spacial score (nSPS) is 32.3. The third-order valence-corrected chi connectivity index (χ3v) is 5.50. The highest BCUT2D eigenvalue weighted by molar-refractivity contribution is 5.36.